The summed E-state index contributed by atoms with van der Waals surface area (Å²) in [5, 5.41) is 0. The first-order valence-corrected chi connectivity index (χ1v) is 9.57. The molecule has 1 fully saturated rings. The molecule has 5 nitrogen and oxygen atoms in total. The molecule has 0 spiro atoms. The van der Waals surface area contributed by atoms with Gasteiger partial charge in [-0.2, -0.15) is 0 Å². The topological polar surface area (TPSA) is 42.0 Å². The van der Waals surface area contributed by atoms with Crippen LogP contribution in [0.3, 0.4) is 0 Å². The van der Waals surface area contributed by atoms with Crippen molar-refractivity contribution in [1.29, 1.82) is 0 Å². The Kier molecular flexibility index (Phi) is 7.98. The zero-order chi connectivity index (χ0) is 18.9. The van der Waals surface area contributed by atoms with E-state index in [-0.39, 0.29) is 5.91 Å². The quantitative estimate of drug-likeness (QED) is 0.526. The summed E-state index contributed by atoms with van der Waals surface area (Å²) >= 11 is 0. The summed E-state index contributed by atoms with van der Waals surface area (Å²) < 4.78 is 11.2. The maximum atomic E-state index is 12.4. The fraction of sp³-hybridized carbons (Fsp3) is 0.571. The summed E-state index contributed by atoms with van der Waals surface area (Å²) in [6, 6.07) is 6.29. The Morgan fingerprint density at radius 3 is 2.54 bits per heavy atom. The van der Waals surface area contributed by atoms with E-state index in [2.05, 4.69) is 25.7 Å². The fourth-order valence-corrected chi connectivity index (χ4v) is 2.97. The number of nitrogens with zero attached hydrogens (tertiary/aromatic N) is 2. The molecule has 0 atom stereocenters. The minimum absolute atomic E-state index is 0.0654. The SMILES string of the molecule is CCCCOc1ccc(/C=C/C(=O)N2CCN(C(C)C)CC2)cc1OC. The number of amides is 1. The van der Waals surface area contributed by atoms with Gasteiger partial charge < -0.3 is 14.4 Å². The van der Waals surface area contributed by atoms with Crippen LogP contribution in [0.4, 0.5) is 0 Å². The van der Waals surface area contributed by atoms with Gasteiger partial charge in [-0.05, 0) is 44.0 Å². The average molecular weight is 360 g/mol. The van der Waals surface area contributed by atoms with E-state index in [1.54, 1.807) is 13.2 Å². The molecule has 0 aromatic heterocycles. The van der Waals surface area contributed by atoms with Crippen molar-refractivity contribution >= 4 is 12.0 Å². The molecule has 2 rings (SSSR count). The van der Waals surface area contributed by atoms with Crippen molar-refractivity contribution in [2.45, 2.75) is 39.7 Å². The molecule has 0 bridgehead atoms. The van der Waals surface area contributed by atoms with Crippen molar-refractivity contribution in [3.05, 3.63) is 29.8 Å². The van der Waals surface area contributed by atoms with Crippen LogP contribution in [0.2, 0.25) is 0 Å². The summed E-state index contributed by atoms with van der Waals surface area (Å²) in [6.07, 6.45) is 5.60. The van der Waals surface area contributed by atoms with E-state index in [4.69, 9.17) is 9.47 Å². The predicted molar refractivity (Wildman–Crippen MR) is 106 cm³/mol. The van der Waals surface area contributed by atoms with Crippen molar-refractivity contribution in [3.63, 3.8) is 0 Å². The molecular formula is C21H32N2O3. The van der Waals surface area contributed by atoms with Gasteiger partial charge in [0.2, 0.25) is 5.91 Å². The van der Waals surface area contributed by atoms with Crippen molar-refractivity contribution in [2.75, 3.05) is 39.9 Å². The van der Waals surface area contributed by atoms with E-state index < -0.39 is 0 Å². The van der Waals surface area contributed by atoms with E-state index >= 15 is 0 Å². The second kappa shape index (κ2) is 10.2. The second-order valence-electron chi connectivity index (χ2n) is 6.90. The molecule has 0 N–H and O–H groups in total. The number of carbonyl (C=O) groups excluding carboxylic acids is 1. The Morgan fingerprint density at radius 2 is 1.92 bits per heavy atom. The number of piperazine rings is 1. The van der Waals surface area contributed by atoms with Crippen LogP contribution in [-0.4, -0.2) is 61.6 Å². The summed E-state index contributed by atoms with van der Waals surface area (Å²) in [5.74, 6) is 1.51. The van der Waals surface area contributed by atoms with Crippen LogP contribution in [0.15, 0.2) is 24.3 Å². The van der Waals surface area contributed by atoms with E-state index in [1.165, 1.54) is 0 Å². The molecule has 26 heavy (non-hydrogen) atoms. The molecule has 0 aliphatic carbocycles. The number of carbonyl (C=O) groups is 1. The van der Waals surface area contributed by atoms with Crippen LogP contribution in [0.1, 0.15) is 39.2 Å². The number of hydrogen-bond acceptors (Lipinski definition) is 4. The molecule has 144 valence electrons. The van der Waals surface area contributed by atoms with Crippen LogP contribution < -0.4 is 9.47 Å². The Hall–Kier alpha value is -2.01. The Bertz CT molecular complexity index is 605. The van der Waals surface area contributed by atoms with E-state index in [0.717, 1.165) is 50.3 Å². The maximum Gasteiger partial charge on any atom is 0.246 e. The Balaban J connectivity index is 1.93. The molecule has 1 aliphatic rings. The fourth-order valence-electron chi connectivity index (χ4n) is 2.97. The van der Waals surface area contributed by atoms with Gasteiger partial charge in [-0.15, -0.1) is 0 Å². The van der Waals surface area contributed by atoms with E-state index in [0.29, 0.717) is 18.4 Å². The van der Waals surface area contributed by atoms with Crippen molar-refractivity contribution in [2.24, 2.45) is 0 Å². The lowest BCUT2D eigenvalue weighted by Crippen LogP contribution is -2.50. The molecule has 0 saturated carbocycles. The van der Waals surface area contributed by atoms with Gasteiger partial charge in [0.05, 0.1) is 13.7 Å². The van der Waals surface area contributed by atoms with Crippen LogP contribution in [-0.2, 0) is 4.79 Å². The molecular weight excluding hydrogens is 328 g/mol. The zero-order valence-electron chi connectivity index (χ0n) is 16.5. The number of methoxy groups -OCH3 is 1. The first-order chi connectivity index (χ1) is 12.5. The van der Waals surface area contributed by atoms with Gasteiger partial charge in [-0.3, -0.25) is 9.69 Å². The van der Waals surface area contributed by atoms with E-state index in [1.807, 2.05) is 29.2 Å². The molecule has 0 radical (unpaired) electrons. The Morgan fingerprint density at radius 1 is 1.19 bits per heavy atom. The third-order valence-corrected chi connectivity index (χ3v) is 4.72. The minimum Gasteiger partial charge on any atom is -0.493 e. The standard InChI is InChI=1S/C21H32N2O3/c1-5-6-15-26-19-9-7-18(16-20(19)25-4)8-10-21(24)23-13-11-22(12-14-23)17(2)3/h7-10,16-17H,5-6,11-15H2,1-4H3/b10-8+. The zero-order valence-corrected chi connectivity index (χ0v) is 16.5. The summed E-state index contributed by atoms with van der Waals surface area (Å²) in [5.41, 5.74) is 0.929. The number of ether oxygens (including phenoxy) is 2. The lowest BCUT2D eigenvalue weighted by Gasteiger charge is -2.36. The van der Waals surface area contributed by atoms with Gasteiger partial charge in [0.15, 0.2) is 11.5 Å². The smallest absolute Gasteiger partial charge is 0.246 e. The minimum atomic E-state index is 0.0654. The van der Waals surface area contributed by atoms with Crippen LogP contribution in [0.25, 0.3) is 6.08 Å². The lowest BCUT2D eigenvalue weighted by molar-refractivity contribution is -0.127. The van der Waals surface area contributed by atoms with E-state index in [9.17, 15) is 4.79 Å². The number of hydrogen-bond donors (Lipinski definition) is 0. The molecule has 1 aliphatic heterocycles. The van der Waals surface area contributed by atoms with Gasteiger partial charge in [0.1, 0.15) is 0 Å². The van der Waals surface area contributed by atoms with Gasteiger partial charge in [0.25, 0.3) is 0 Å². The first kappa shape index (κ1) is 20.3. The first-order valence-electron chi connectivity index (χ1n) is 9.57. The highest BCUT2D eigenvalue weighted by molar-refractivity contribution is 5.92. The summed E-state index contributed by atoms with van der Waals surface area (Å²) in [6.45, 7) is 10.7. The highest BCUT2D eigenvalue weighted by Gasteiger charge is 2.20. The monoisotopic (exact) mass is 360 g/mol. The lowest BCUT2D eigenvalue weighted by atomic mass is 10.1. The molecule has 1 heterocycles. The average Bonchev–Trinajstić information content (AvgIpc) is 2.66. The van der Waals surface area contributed by atoms with Crippen LogP contribution >= 0.6 is 0 Å². The predicted octanol–water partition coefficient (Wildman–Crippen LogP) is 3.44. The van der Waals surface area contributed by atoms with Gasteiger partial charge in [0, 0.05) is 38.3 Å². The summed E-state index contributed by atoms with van der Waals surface area (Å²) in [4.78, 5) is 16.7. The third-order valence-electron chi connectivity index (χ3n) is 4.72. The highest BCUT2D eigenvalue weighted by atomic mass is 16.5. The second-order valence-corrected chi connectivity index (χ2v) is 6.90. The molecule has 1 amide bonds. The van der Waals surface area contributed by atoms with Gasteiger partial charge in [-0.1, -0.05) is 19.4 Å². The summed E-state index contributed by atoms with van der Waals surface area (Å²) in [7, 11) is 1.63. The van der Waals surface area contributed by atoms with Crippen molar-refractivity contribution in [3.8, 4) is 11.5 Å². The van der Waals surface area contributed by atoms with Crippen molar-refractivity contribution < 1.29 is 14.3 Å². The number of unbranched alkanes of at least 4 members (excludes halogenated alkanes) is 1. The van der Waals surface area contributed by atoms with Gasteiger partial charge >= 0.3 is 0 Å². The maximum absolute atomic E-state index is 12.4. The highest BCUT2D eigenvalue weighted by Crippen LogP contribution is 2.28. The third kappa shape index (κ3) is 5.77. The molecule has 1 aromatic carbocycles. The molecule has 0 unspecified atom stereocenters. The van der Waals surface area contributed by atoms with Crippen LogP contribution in [0.5, 0.6) is 11.5 Å². The van der Waals surface area contributed by atoms with Crippen LogP contribution in [0, 0.1) is 0 Å². The van der Waals surface area contributed by atoms with Crippen molar-refractivity contribution in [1.82, 2.24) is 9.80 Å². The number of benzene rings is 1. The molecule has 1 saturated heterocycles. The molecule has 5 heteroatoms. The molecule has 1 aromatic rings. The van der Waals surface area contributed by atoms with Gasteiger partial charge in [-0.25, -0.2) is 0 Å². The number of rotatable bonds is 8. The Labute approximate surface area is 157 Å². The normalized spacial score (nSPS) is 15.7. The largest absolute Gasteiger partial charge is 0.493 e.